The molecule has 3 rings (SSSR count). The normalized spacial score (nSPS) is 10.8. The van der Waals surface area contributed by atoms with Crippen molar-refractivity contribution in [3.8, 4) is 5.75 Å². The molecule has 24 heavy (non-hydrogen) atoms. The molecule has 3 heteroatoms. The van der Waals surface area contributed by atoms with Gasteiger partial charge in [-0.1, -0.05) is 50.2 Å². The van der Waals surface area contributed by atoms with Gasteiger partial charge in [0.15, 0.2) is 0 Å². The zero-order valence-electron chi connectivity index (χ0n) is 14.0. The zero-order chi connectivity index (χ0) is 16.9. The van der Waals surface area contributed by atoms with Crippen molar-refractivity contribution in [2.45, 2.75) is 13.8 Å². The molecule has 0 aliphatic carbocycles. The molecule has 0 aromatic heterocycles. The van der Waals surface area contributed by atoms with Crippen LogP contribution in [0, 0.1) is 5.92 Å². The summed E-state index contributed by atoms with van der Waals surface area (Å²) in [6, 6.07) is 21.3. The lowest BCUT2D eigenvalue weighted by atomic mass is 10.1. The molecule has 0 unspecified atom stereocenters. The maximum absolute atomic E-state index is 12.5. The van der Waals surface area contributed by atoms with E-state index >= 15 is 0 Å². The number of rotatable bonds is 5. The quantitative estimate of drug-likeness (QED) is 0.708. The molecule has 0 heterocycles. The van der Waals surface area contributed by atoms with Crippen molar-refractivity contribution >= 4 is 22.4 Å². The Morgan fingerprint density at radius 2 is 1.75 bits per heavy atom. The Morgan fingerprint density at radius 1 is 0.958 bits per heavy atom. The van der Waals surface area contributed by atoms with Crippen LogP contribution in [0.2, 0.25) is 0 Å². The van der Waals surface area contributed by atoms with Crippen LogP contribution in [0.5, 0.6) is 5.75 Å². The third kappa shape index (κ3) is 3.93. The van der Waals surface area contributed by atoms with Crippen LogP contribution in [0.1, 0.15) is 24.2 Å². The van der Waals surface area contributed by atoms with E-state index in [0.717, 1.165) is 22.2 Å². The fourth-order valence-electron chi connectivity index (χ4n) is 2.46. The summed E-state index contributed by atoms with van der Waals surface area (Å²) in [4.78, 5) is 12.5. The molecule has 1 amide bonds. The molecule has 0 saturated carbocycles. The van der Waals surface area contributed by atoms with Gasteiger partial charge in [0.1, 0.15) is 5.75 Å². The first-order valence-corrected chi connectivity index (χ1v) is 8.15. The van der Waals surface area contributed by atoms with Crippen molar-refractivity contribution in [2.24, 2.45) is 5.92 Å². The molecule has 0 spiro atoms. The van der Waals surface area contributed by atoms with Gasteiger partial charge in [0, 0.05) is 11.3 Å². The summed E-state index contributed by atoms with van der Waals surface area (Å²) in [7, 11) is 0. The minimum absolute atomic E-state index is 0.139. The van der Waals surface area contributed by atoms with Crippen molar-refractivity contribution in [1.82, 2.24) is 0 Å². The number of hydrogen-bond acceptors (Lipinski definition) is 2. The van der Waals surface area contributed by atoms with Crippen LogP contribution in [-0.4, -0.2) is 12.5 Å². The van der Waals surface area contributed by atoms with Gasteiger partial charge < -0.3 is 10.1 Å². The van der Waals surface area contributed by atoms with Gasteiger partial charge in [-0.3, -0.25) is 4.79 Å². The van der Waals surface area contributed by atoms with E-state index in [9.17, 15) is 4.79 Å². The van der Waals surface area contributed by atoms with Crippen molar-refractivity contribution in [1.29, 1.82) is 0 Å². The first-order valence-electron chi connectivity index (χ1n) is 8.15. The second-order valence-electron chi connectivity index (χ2n) is 6.25. The average Bonchev–Trinajstić information content (AvgIpc) is 2.60. The predicted molar refractivity (Wildman–Crippen MR) is 98.7 cm³/mol. The number of ether oxygens (including phenoxy) is 1. The van der Waals surface area contributed by atoms with Crippen LogP contribution in [0.25, 0.3) is 10.8 Å². The summed E-state index contributed by atoms with van der Waals surface area (Å²) < 4.78 is 5.69. The van der Waals surface area contributed by atoms with Crippen molar-refractivity contribution in [3.63, 3.8) is 0 Å². The lowest BCUT2D eigenvalue weighted by molar-refractivity contribution is 0.102. The molecule has 122 valence electrons. The minimum Gasteiger partial charge on any atom is -0.493 e. The number of anilines is 1. The third-order valence-corrected chi connectivity index (χ3v) is 3.69. The standard InChI is InChI=1S/C21H21NO2/c1-15(2)14-24-20-9-5-8-18(13-20)21(23)22-19-11-10-16-6-3-4-7-17(16)12-19/h3-13,15H,14H2,1-2H3,(H,22,23). The molecule has 0 bridgehead atoms. The summed E-state index contributed by atoms with van der Waals surface area (Å²) in [6.45, 7) is 4.82. The Labute approximate surface area is 142 Å². The molecular weight excluding hydrogens is 298 g/mol. The SMILES string of the molecule is CC(C)COc1cccc(C(=O)Nc2ccc3ccccc3c2)c1. The molecule has 1 N–H and O–H groups in total. The first kappa shape index (κ1) is 16.1. The van der Waals surface area contributed by atoms with E-state index in [1.54, 1.807) is 12.1 Å². The van der Waals surface area contributed by atoms with Crippen molar-refractivity contribution < 1.29 is 9.53 Å². The van der Waals surface area contributed by atoms with Gasteiger partial charge in [0.05, 0.1) is 6.61 Å². The third-order valence-electron chi connectivity index (χ3n) is 3.69. The highest BCUT2D eigenvalue weighted by atomic mass is 16.5. The second-order valence-corrected chi connectivity index (χ2v) is 6.25. The van der Waals surface area contributed by atoms with Gasteiger partial charge in [0.25, 0.3) is 5.91 Å². The van der Waals surface area contributed by atoms with E-state index < -0.39 is 0 Å². The number of nitrogens with one attached hydrogen (secondary N) is 1. The highest BCUT2D eigenvalue weighted by Gasteiger charge is 2.08. The summed E-state index contributed by atoms with van der Waals surface area (Å²) in [5, 5.41) is 5.20. The highest BCUT2D eigenvalue weighted by molar-refractivity contribution is 6.05. The second kappa shape index (κ2) is 7.18. The van der Waals surface area contributed by atoms with Crippen LogP contribution < -0.4 is 10.1 Å². The Morgan fingerprint density at radius 3 is 2.54 bits per heavy atom. The molecule has 0 radical (unpaired) electrons. The van der Waals surface area contributed by atoms with Crippen LogP contribution in [0.3, 0.4) is 0 Å². The monoisotopic (exact) mass is 319 g/mol. The minimum atomic E-state index is -0.139. The number of fused-ring (bicyclic) bond motifs is 1. The summed E-state index contributed by atoms with van der Waals surface area (Å²) >= 11 is 0. The fourth-order valence-corrected chi connectivity index (χ4v) is 2.46. The Balaban J connectivity index is 1.74. The van der Waals surface area contributed by atoms with E-state index in [4.69, 9.17) is 4.74 Å². The van der Waals surface area contributed by atoms with Gasteiger partial charge in [-0.05, 0) is 47.0 Å². The summed E-state index contributed by atoms with van der Waals surface area (Å²) in [5.41, 5.74) is 1.37. The molecule has 3 aromatic rings. The fraction of sp³-hybridized carbons (Fsp3) is 0.190. The highest BCUT2D eigenvalue weighted by Crippen LogP contribution is 2.20. The smallest absolute Gasteiger partial charge is 0.255 e. The molecule has 3 aromatic carbocycles. The number of hydrogen-bond donors (Lipinski definition) is 1. The Kier molecular flexibility index (Phi) is 4.80. The molecule has 3 nitrogen and oxygen atoms in total. The Bertz CT molecular complexity index is 855. The van der Waals surface area contributed by atoms with Gasteiger partial charge in [-0.15, -0.1) is 0 Å². The van der Waals surface area contributed by atoms with Crippen molar-refractivity contribution in [3.05, 3.63) is 72.3 Å². The number of carbonyl (C=O) groups is 1. The predicted octanol–water partition coefficient (Wildman–Crippen LogP) is 5.13. The Hall–Kier alpha value is -2.81. The van der Waals surface area contributed by atoms with E-state index in [2.05, 4.69) is 25.2 Å². The molecule has 0 fully saturated rings. The summed E-state index contributed by atoms with van der Waals surface area (Å²) in [6.07, 6.45) is 0. The number of carbonyl (C=O) groups excluding carboxylic acids is 1. The molecule has 0 aliphatic heterocycles. The molecule has 0 saturated heterocycles. The topological polar surface area (TPSA) is 38.3 Å². The maximum Gasteiger partial charge on any atom is 0.255 e. The molecular formula is C21H21NO2. The average molecular weight is 319 g/mol. The van der Waals surface area contributed by atoms with Gasteiger partial charge in [-0.2, -0.15) is 0 Å². The number of amides is 1. The van der Waals surface area contributed by atoms with E-state index in [1.165, 1.54) is 0 Å². The van der Waals surface area contributed by atoms with Crippen LogP contribution >= 0.6 is 0 Å². The van der Waals surface area contributed by atoms with Gasteiger partial charge >= 0.3 is 0 Å². The van der Waals surface area contributed by atoms with E-state index in [0.29, 0.717) is 18.1 Å². The lowest BCUT2D eigenvalue weighted by Crippen LogP contribution is -2.12. The van der Waals surface area contributed by atoms with Crippen LogP contribution in [-0.2, 0) is 0 Å². The summed E-state index contributed by atoms with van der Waals surface area (Å²) in [5.74, 6) is 1.02. The molecule has 0 aliphatic rings. The largest absolute Gasteiger partial charge is 0.493 e. The van der Waals surface area contributed by atoms with Crippen molar-refractivity contribution in [2.75, 3.05) is 11.9 Å². The zero-order valence-corrected chi connectivity index (χ0v) is 14.0. The molecule has 0 atom stereocenters. The maximum atomic E-state index is 12.5. The van der Waals surface area contributed by atoms with Gasteiger partial charge in [0.2, 0.25) is 0 Å². The van der Waals surface area contributed by atoms with Crippen LogP contribution in [0.15, 0.2) is 66.7 Å². The van der Waals surface area contributed by atoms with E-state index in [1.807, 2.05) is 48.5 Å². The first-order chi connectivity index (χ1) is 11.6. The van der Waals surface area contributed by atoms with Gasteiger partial charge in [-0.25, -0.2) is 0 Å². The lowest BCUT2D eigenvalue weighted by Gasteiger charge is -2.10. The van der Waals surface area contributed by atoms with Crippen LogP contribution in [0.4, 0.5) is 5.69 Å². The number of benzene rings is 3. The van der Waals surface area contributed by atoms with E-state index in [-0.39, 0.29) is 5.91 Å².